The summed E-state index contributed by atoms with van der Waals surface area (Å²) in [4.78, 5) is 12.2. The second-order valence-corrected chi connectivity index (χ2v) is 5.01. The highest BCUT2D eigenvalue weighted by molar-refractivity contribution is 5.64. The largest absolute Gasteiger partial charge is 0.478 e. The summed E-state index contributed by atoms with van der Waals surface area (Å²) in [6.07, 6.45) is -6.99. The van der Waals surface area contributed by atoms with Crippen LogP contribution >= 0.6 is 0 Å². The molecule has 0 atom stereocenters. The highest BCUT2D eigenvalue weighted by atomic mass is 19.4. The van der Waals surface area contributed by atoms with Crippen LogP contribution in [0.3, 0.4) is 0 Å². The average molecular weight is 351 g/mol. The molecular weight excluding hydrogens is 340 g/mol. The van der Waals surface area contributed by atoms with Gasteiger partial charge in [0.2, 0.25) is 5.43 Å². The minimum atomic E-state index is -4.64. The van der Waals surface area contributed by atoms with Crippen LogP contribution in [0.2, 0.25) is 0 Å². The van der Waals surface area contributed by atoms with Crippen molar-refractivity contribution in [1.29, 1.82) is 0 Å². The molecule has 0 saturated heterocycles. The second kappa shape index (κ2) is 6.21. The van der Waals surface area contributed by atoms with E-state index in [9.17, 15) is 31.1 Å². The van der Waals surface area contributed by atoms with Gasteiger partial charge in [-0.25, -0.2) is 0 Å². The first-order chi connectivity index (χ1) is 11.0. The first-order valence-electron chi connectivity index (χ1n) is 6.55. The van der Waals surface area contributed by atoms with Crippen LogP contribution in [-0.4, -0.2) is 17.4 Å². The zero-order valence-electron chi connectivity index (χ0n) is 12.2. The zero-order chi connectivity index (χ0) is 18.1. The van der Waals surface area contributed by atoms with E-state index in [0.717, 1.165) is 24.4 Å². The smallest absolute Gasteiger partial charge is 0.422 e. The minimum absolute atomic E-state index is 0.0668. The summed E-state index contributed by atoms with van der Waals surface area (Å²) in [5.41, 5.74) is -2.15. The number of nitrogens with zero attached hydrogens (tertiary/aromatic N) is 1. The molecule has 0 saturated carbocycles. The molecule has 0 N–H and O–H groups in total. The van der Waals surface area contributed by atoms with Crippen LogP contribution < -0.4 is 10.2 Å². The second-order valence-electron chi connectivity index (χ2n) is 5.01. The summed E-state index contributed by atoms with van der Waals surface area (Å²) < 4.78 is 80.7. The van der Waals surface area contributed by atoms with E-state index in [2.05, 4.69) is 4.74 Å². The number of aromatic nitrogens is 1. The summed E-state index contributed by atoms with van der Waals surface area (Å²) >= 11 is 0. The maximum absolute atomic E-state index is 12.8. The molecular formula is C15H11F6NO2. The summed E-state index contributed by atoms with van der Waals surface area (Å²) in [5.74, 6) is -0.593. The molecule has 3 nitrogen and oxygen atoms in total. The van der Waals surface area contributed by atoms with Gasteiger partial charge in [-0.05, 0) is 17.7 Å². The monoisotopic (exact) mass is 351 g/mol. The number of halogens is 6. The Hall–Kier alpha value is -2.45. The summed E-state index contributed by atoms with van der Waals surface area (Å²) in [6, 6.07) is 3.96. The van der Waals surface area contributed by atoms with Crippen LogP contribution in [0.15, 0.2) is 41.5 Å². The molecule has 0 aliphatic carbocycles. The number of ether oxygens (including phenoxy) is 1. The van der Waals surface area contributed by atoms with Gasteiger partial charge in [-0.2, -0.15) is 26.3 Å². The molecule has 2 rings (SSSR count). The normalized spacial score (nSPS) is 12.3. The number of benzene rings is 1. The highest BCUT2D eigenvalue weighted by Gasteiger charge is 2.31. The number of aryl methyl sites for hydroxylation is 1. The standard InChI is InChI=1S/C15H11F6NO2/c1-22-6-11(9-3-2-4-10(5-9)15(19,20)21)13(23)12(7-22)24-8-14(16,17)18/h2-7H,8H2,1H3. The molecule has 0 aliphatic heterocycles. The fraction of sp³-hybridized carbons (Fsp3) is 0.267. The van der Waals surface area contributed by atoms with Crippen LogP contribution in [0.1, 0.15) is 5.56 Å². The Morgan fingerprint density at radius 3 is 2.33 bits per heavy atom. The van der Waals surface area contributed by atoms with Gasteiger partial charge in [0, 0.05) is 25.0 Å². The van der Waals surface area contributed by atoms with Gasteiger partial charge in [0.05, 0.1) is 5.56 Å². The van der Waals surface area contributed by atoms with E-state index >= 15 is 0 Å². The van der Waals surface area contributed by atoms with Crippen molar-refractivity contribution in [3.05, 3.63) is 52.4 Å². The minimum Gasteiger partial charge on any atom is -0.478 e. The van der Waals surface area contributed by atoms with Gasteiger partial charge in [0.15, 0.2) is 12.4 Å². The molecule has 1 aromatic heterocycles. The third kappa shape index (κ3) is 4.30. The van der Waals surface area contributed by atoms with E-state index in [0.29, 0.717) is 0 Å². The fourth-order valence-electron chi connectivity index (χ4n) is 2.01. The molecule has 0 aliphatic rings. The van der Waals surface area contributed by atoms with Gasteiger partial charge in [-0.15, -0.1) is 0 Å². The molecule has 0 spiro atoms. The van der Waals surface area contributed by atoms with Crippen molar-refractivity contribution in [3.8, 4) is 16.9 Å². The van der Waals surface area contributed by atoms with Crippen molar-refractivity contribution in [1.82, 2.24) is 4.57 Å². The van der Waals surface area contributed by atoms with Crippen molar-refractivity contribution in [2.24, 2.45) is 7.05 Å². The Morgan fingerprint density at radius 1 is 1.08 bits per heavy atom. The van der Waals surface area contributed by atoms with Crippen LogP contribution in [0.5, 0.6) is 5.75 Å². The fourth-order valence-corrected chi connectivity index (χ4v) is 2.01. The molecule has 2 aromatic rings. The SMILES string of the molecule is Cn1cc(OCC(F)(F)F)c(=O)c(-c2cccc(C(F)(F)F)c2)c1. The number of hydrogen-bond donors (Lipinski definition) is 0. The molecule has 0 radical (unpaired) electrons. The molecule has 1 heterocycles. The van der Waals surface area contributed by atoms with Crippen molar-refractivity contribution in [3.63, 3.8) is 0 Å². The maximum atomic E-state index is 12.8. The maximum Gasteiger partial charge on any atom is 0.422 e. The van der Waals surface area contributed by atoms with Crippen LogP contribution in [0.25, 0.3) is 11.1 Å². The summed E-state index contributed by atoms with van der Waals surface area (Å²) in [6.45, 7) is -1.67. The molecule has 0 fully saturated rings. The van der Waals surface area contributed by atoms with Gasteiger partial charge in [0.1, 0.15) is 0 Å². The Balaban J connectivity index is 2.48. The van der Waals surface area contributed by atoms with Crippen molar-refractivity contribution >= 4 is 0 Å². The van der Waals surface area contributed by atoms with E-state index in [1.165, 1.54) is 23.9 Å². The van der Waals surface area contributed by atoms with E-state index in [4.69, 9.17) is 0 Å². The predicted molar refractivity (Wildman–Crippen MR) is 73.7 cm³/mol. The molecule has 9 heteroatoms. The van der Waals surface area contributed by atoms with Crippen molar-refractivity contribution in [2.75, 3.05) is 6.61 Å². The highest BCUT2D eigenvalue weighted by Crippen LogP contribution is 2.31. The number of hydrogen-bond acceptors (Lipinski definition) is 2. The molecule has 0 amide bonds. The van der Waals surface area contributed by atoms with E-state index in [1.807, 2.05) is 0 Å². The molecule has 0 bridgehead atoms. The lowest BCUT2D eigenvalue weighted by Crippen LogP contribution is -2.23. The lowest BCUT2D eigenvalue weighted by Gasteiger charge is -2.13. The van der Waals surface area contributed by atoms with E-state index < -0.39 is 35.7 Å². The van der Waals surface area contributed by atoms with E-state index in [-0.39, 0.29) is 11.1 Å². The first kappa shape index (κ1) is 17.9. The van der Waals surface area contributed by atoms with E-state index in [1.54, 1.807) is 0 Å². The van der Waals surface area contributed by atoms with Crippen LogP contribution in [0.4, 0.5) is 26.3 Å². The Bertz CT molecular complexity index is 792. The van der Waals surface area contributed by atoms with Crippen molar-refractivity contribution in [2.45, 2.75) is 12.4 Å². The van der Waals surface area contributed by atoms with Gasteiger partial charge in [-0.1, -0.05) is 12.1 Å². The summed E-state index contributed by atoms with van der Waals surface area (Å²) in [7, 11) is 1.41. The quantitative estimate of drug-likeness (QED) is 0.783. The van der Waals surface area contributed by atoms with Crippen molar-refractivity contribution < 1.29 is 31.1 Å². The first-order valence-corrected chi connectivity index (χ1v) is 6.55. The molecule has 24 heavy (non-hydrogen) atoms. The van der Waals surface area contributed by atoms with Gasteiger partial charge in [0.25, 0.3) is 0 Å². The lowest BCUT2D eigenvalue weighted by atomic mass is 10.0. The summed E-state index contributed by atoms with van der Waals surface area (Å²) in [5, 5.41) is 0. The number of alkyl halides is 6. The van der Waals surface area contributed by atoms with Gasteiger partial charge in [-0.3, -0.25) is 4.79 Å². The third-order valence-electron chi connectivity index (χ3n) is 3.01. The lowest BCUT2D eigenvalue weighted by molar-refractivity contribution is -0.153. The Morgan fingerprint density at radius 2 is 1.75 bits per heavy atom. The topological polar surface area (TPSA) is 31.2 Å². The van der Waals surface area contributed by atoms with Crippen LogP contribution in [0, 0.1) is 0 Å². The third-order valence-corrected chi connectivity index (χ3v) is 3.01. The average Bonchev–Trinajstić information content (AvgIpc) is 2.46. The molecule has 130 valence electrons. The number of rotatable bonds is 3. The Labute approximate surface area is 132 Å². The Kier molecular flexibility index (Phi) is 4.63. The zero-order valence-corrected chi connectivity index (χ0v) is 12.2. The van der Waals surface area contributed by atoms with Gasteiger partial charge < -0.3 is 9.30 Å². The predicted octanol–water partition coefficient (Wildman–Crippen LogP) is 4.01. The molecule has 1 aromatic carbocycles. The van der Waals surface area contributed by atoms with Crippen LogP contribution in [-0.2, 0) is 13.2 Å². The number of pyridine rings is 1. The van der Waals surface area contributed by atoms with Gasteiger partial charge >= 0.3 is 12.4 Å². The molecule has 0 unspecified atom stereocenters.